The quantitative estimate of drug-likeness (QED) is 0.872. The van der Waals surface area contributed by atoms with E-state index in [2.05, 4.69) is 10.3 Å². The maximum Gasteiger partial charge on any atom is 0.329 e. The highest BCUT2D eigenvalue weighted by atomic mass is 32.1. The van der Waals surface area contributed by atoms with Crippen LogP contribution < -0.4 is 5.32 Å². The summed E-state index contributed by atoms with van der Waals surface area (Å²) in [6.07, 6.45) is 0.551. The Kier molecular flexibility index (Phi) is 4.79. The molecule has 1 fully saturated rings. The number of carboxylic acid groups (broad SMARTS) is 1. The number of ether oxygens (including phenoxy) is 1. The first-order valence-corrected chi connectivity index (χ1v) is 7.56. The van der Waals surface area contributed by atoms with Crippen molar-refractivity contribution in [3.8, 4) is 0 Å². The number of hydrogen-bond donors (Lipinski definition) is 2. The molecule has 0 aromatic carbocycles. The fraction of sp³-hybridized carbons (Fsp3) is 0.615. The molecule has 0 unspecified atom stereocenters. The van der Waals surface area contributed by atoms with Gasteiger partial charge in [0.25, 0.3) is 0 Å². The molecule has 2 amide bonds. The molecule has 0 spiro atoms. The lowest BCUT2D eigenvalue weighted by molar-refractivity contribution is -0.148. The third-order valence-electron chi connectivity index (χ3n) is 3.51. The molecule has 0 radical (unpaired) electrons. The molecule has 2 N–H and O–H groups in total. The van der Waals surface area contributed by atoms with E-state index in [0.29, 0.717) is 19.8 Å². The number of rotatable bonds is 4. The normalized spacial score (nSPS) is 17.2. The summed E-state index contributed by atoms with van der Waals surface area (Å²) in [5.74, 6) is -1.02. The van der Waals surface area contributed by atoms with Gasteiger partial charge in [-0.3, -0.25) is 0 Å². The van der Waals surface area contributed by atoms with Crippen LogP contribution in [0.4, 0.5) is 4.79 Å². The highest BCUT2D eigenvalue weighted by Crippen LogP contribution is 2.21. The smallest absolute Gasteiger partial charge is 0.329 e. The van der Waals surface area contributed by atoms with Gasteiger partial charge < -0.3 is 20.1 Å². The van der Waals surface area contributed by atoms with Crippen LogP contribution in [-0.2, 0) is 16.1 Å². The minimum absolute atomic E-state index is 0.276. The lowest BCUT2D eigenvalue weighted by Crippen LogP contribution is -2.59. The van der Waals surface area contributed by atoms with Crippen LogP contribution in [0.2, 0.25) is 0 Å². The predicted molar refractivity (Wildman–Crippen MR) is 77.3 cm³/mol. The summed E-state index contributed by atoms with van der Waals surface area (Å²) in [5, 5.41) is 14.9. The number of carbonyl (C=O) groups is 2. The molecule has 1 aliphatic rings. The van der Waals surface area contributed by atoms with Gasteiger partial charge in [-0.25, -0.2) is 14.6 Å². The van der Waals surface area contributed by atoms with Gasteiger partial charge in [0.2, 0.25) is 0 Å². The number of thiazole rings is 1. The van der Waals surface area contributed by atoms with E-state index in [0.717, 1.165) is 10.7 Å². The minimum atomic E-state index is -1.23. The molecule has 1 aromatic heterocycles. The number of hydrogen-bond acceptors (Lipinski definition) is 5. The van der Waals surface area contributed by atoms with Crippen LogP contribution in [0.3, 0.4) is 0 Å². The fourth-order valence-electron chi connectivity index (χ4n) is 2.21. The Labute approximate surface area is 126 Å². The molecule has 2 heterocycles. The second kappa shape index (κ2) is 6.40. The van der Waals surface area contributed by atoms with Crippen LogP contribution in [0.1, 0.15) is 23.5 Å². The standard InChI is InChI=1S/C13H19N3O4S/c1-9-14-10(8-21-9)7-16(2)12(19)15-13(11(17)18)3-5-20-6-4-13/h8H,3-7H2,1-2H3,(H,15,19)(H,17,18). The van der Waals surface area contributed by atoms with Crippen LogP contribution in [0.25, 0.3) is 0 Å². The first-order valence-electron chi connectivity index (χ1n) is 6.68. The number of aryl methyl sites for hydroxylation is 1. The lowest BCUT2D eigenvalue weighted by Gasteiger charge is -2.35. The van der Waals surface area contributed by atoms with E-state index < -0.39 is 17.5 Å². The van der Waals surface area contributed by atoms with Gasteiger partial charge in [0, 0.05) is 38.5 Å². The molecule has 1 aromatic rings. The maximum atomic E-state index is 12.2. The van der Waals surface area contributed by atoms with Crippen molar-refractivity contribution < 1.29 is 19.4 Å². The first kappa shape index (κ1) is 15.7. The van der Waals surface area contributed by atoms with Crippen molar-refractivity contribution in [1.82, 2.24) is 15.2 Å². The number of amides is 2. The molecule has 0 bridgehead atoms. The average molecular weight is 313 g/mol. The molecule has 21 heavy (non-hydrogen) atoms. The van der Waals surface area contributed by atoms with Gasteiger partial charge in [-0.2, -0.15) is 0 Å². The monoisotopic (exact) mass is 313 g/mol. The van der Waals surface area contributed by atoms with Crippen molar-refractivity contribution in [3.63, 3.8) is 0 Å². The third-order valence-corrected chi connectivity index (χ3v) is 4.34. The fourth-order valence-corrected chi connectivity index (χ4v) is 2.81. The van der Waals surface area contributed by atoms with Crippen LogP contribution in [0.5, 0.6) is 0 Å². The van der Waals surface area contributed by atoms with E-state index in [1.165, 1.54) is 16.2 Å². The summed E-state index contributed by atoms with van der Waals surface area (Å²) in [6.45, 7) is 2.92. The third kappa shape index (κ3) is 3.70. The summed E-state index contributed by atoms with van der Waals surface area (Å²) < 4.78 is 5.18. The Morgan fingerprint density at radius 1 is 1.52 bits per heavy atom. The van der Waals surface area contributed by atoms with Crippen LogP contribution in [-0.4, -0.2) is 52.8 Å². The molecule has 7 nitrogen and oxygen atoms in total. The van der Waals surface area contributed by atoms with Gasteiger partial charge in [-0.15, -0.1) is 11.3 Å². The molecule has 116 valence electrons. The number of nitrogens with zero attached hydrogens (tertiary/aromatic N) is 2. The van der Waals surface area contributed by atoms with Gasteiger partial charge in [0.1, 0.15) is 5.54 Å². The Morgan fingerprint density at radius 3 is 2.71 bits per heavy atom. The van der Waals surface area contributed by atoms with E-state index in [-0.39, 0.29) is 12.8 Å². The zero-order chi connectivity index (χ0) is 15.5. The molecule has 0 aliphatic carbocycles. The van der Waals surface area contributed by atoms with Crippen molar-refractivity contribution >= 4 is 23.3 Å². The molecule has 1 aliphatic heterocycles. The number of aliphatic carboxylic acids is 1. The van der Waals surface area contributed by atoms with Gasteiger partial charge >= 0.3 is 12.0 Å². The van der Waals surface area contributed by atoms with Crippen LogP contribution in [0, 0.1) is 6.92 Å². The number of carbonyl (C=O) groups excluding carboxylic acids is 1. The molecule has 1 saturated heterocycles. The largest absolute Gasteiger partial charge is 0.480 e. The zero-order valence-electron chi connectivity index (χ0n) is 12.1. The first-order chi connectivity index (χ1) is 9.93. The lowest BCUT2D eigenvalue weighted by atomic mass is 9.90. The topological polar surface area (TPSA) is 91.8 Å². The second-order valence-corrected chi connectivity index (χ2v) is 6.21. The van der Waals surface area contributed by atoms with Crippen molar-refractivity contribution in [2.24, 2.45) is 0 Å². The number of aromatic nitrogens is 1. The second-order valence-electron chi connectivity index (χ2n) is 5.14. The number of carboxylic acids is 1. The summed E-state index contributed by atoms with van der Waals surface area (Å²) in [6, 6.07) is -0.412. The minimum Gasteiger partial charge on any atom is -0.480 e. The highest BCUT2D eigenvalue weighted by molar-refractivity contribution is 7.09. The van der Waals surface area contributed by atoms with Gasteiger partial charge in [0.15, 0.2) is 0 Å². The van der Waals surface area contributed by atoms with E-state index in [9.17, 15) is 14.7 Å². The molecular weight excluding hydrogens is 294 g/mol. The van der Waals surface area contributed by atoms with Crippen LogP contribution >= 0.6 is 11.3 Å². The highest BCUT2D eigenvalue weighted by Gasteiger charge is 2.42. The summed E-state index contributed by atoms with van der Waals surface area (Å²) in [7, 11) is 1.62. The Balaban J connectivity index is 1.99. The van der Waals surface area contributed by atoms with E-state index in [1.807, 2.05) is 12.3 Å². The van der Waals surface area contributed by atoms with Gasteiger partial charge in [-0.05, 0) is 6.92 Å². The Morgan fingerprint density at radius 2 is 2.19 bits per heavy atom. The van der Waals surface area contributed by atoms with E-state index >= 15 is 0 Å². The number of nitrogens with one attached hydrogen (secondary N) is 1. The van der Waals surface area contributed by atoms with Crippen molar-refractivity contribution in [2.45, 2.75) is 31.8 Å². The average Bonchev–Trinajstić information content (AvgIpc) is 2.85. The molecule has 0 atom stereocenters. The summed E-state index contributed by atoms with van der Waals surface area (Å²) in [5.41, 5.74) is -0.437. The number of urea groups is 1. The van der Waals surface area contributed by atoms with Crippen molar-refractivity contribution in [1.29, 1.82) is 0 Å². The van der Waals surface area contributed by atoms with Crippen LogP contribution in [0.15, 0.2) is 5.38 Å². The van der Waals surface area contributed by atoms with Gasteiger partial charge in [0.05, 0.1) is 17.2 Å². The Hall–Kier alpha value is -1.67. The predicted octanol–water partition coefficient (Wildman–Crippen LogP) is 1.23. The summed E-state index contributed by atoms with van der Waals surface area (Å²) in [4.78, 5) is 29.4. The van der Waals surface area contributed by atoms with E-state index in [1.54, 1.807) is 7.05 Å². The van der Waals surface area contributed by atoms with Crippen molar-refractivity contribution in [2.75, 3.05) is 20.3 Å². The molecular formula is C13H19N3O4S. The van der Waals surface area contributed by atoms with Gasteiger partial charge in [-0.1, -0.05) is 0 Å². The molecule has 0 saturated carbocycles. The zero-order valence-corrected chi connectivity index (χ0v) is 12.9. The van der Waals surface area contributed by atoms with Crippen molar-refractivity contribution in [3.05, 3.63) is 16.1 Å². The van der Waals surface area contributed by atoms with E-state index in [4.69, 9.17) is 4.74 Å². The summed E-state index contributed by atoms with van der Waals surface area (Å²) >= 11 is 1.52. The Bertz CT molecular complexity index is 525. The molecule has 8 heteroatoms. The maximum absolute atomic E-state index is 12.2. The molecule has 2 rings (SSSR count). The SMILES string of the molecule is Cc1nc(CN(C)C(=O)NC2(C(=O)O)CCOCC2)cs1.